The van der Waals surface area contributed by atoms with Crippen LogP contribution in [0, 0.1) is 0 Å². The van der Waals surface area contributed by atoms with Crippen molar-refractivity contribution >= 4 is 57.8 Å². The molecule has 1 aliphatic heterocycles. The zero-order chi connectivity index (χ0) is 18.0. The van der Waals surface area contributed by atoms with E-state index in [0.717, 1.165) is 23.2 Å². The first kappa shape index (κ1) is 18.1. The summed E-state index contributed by atoms with van der Waals surface area (Å²) in [4.78, 5) is 19.4. The lowest BCUT2D eigenvalue weighted by molar-refractivity contribution is -0.121. The van der Waals surface area contributed by atoms with Crippen molar-refractivity contribution in [1.29, 1.82) is 0 Å². The summed E-state index contributed by atoms with van der Waals surface area (Å²) in [5.74, 6) is -0.0938. The predicted octanol–water partition coefficient (Wildman–Crippen LogP) is 5.79. The van der Waals surface area contributed by atoms with E-state index < -0.39 is 0 Å². The second kappa shape index (κ2) is 7.65. The molecule has 0 aliphatic carbocycles. The first-order valence-electron chi connectivity index (χ1n) is 7.79. The summed E-state index contributed by atoms with van der Waals surface area (Å²) >= 11 is 13.5. The largest absolute Gasteiger partial charge is 0.290 e. The summed E-state index contributed by atoms with van der Waals surface area (Å²) in [5.41, 5.74) is 2.79. The van der Waals surface area contributed by atoms with Crippen molar-refractivity contribution in [2.45, 2.75) is 13.3 Å². The van der Waals surface area contributed by atoms with Gasteiger partial charge in [0.05, 0.1) is 10.6 Å². The quantitative estimate of drug-likeness (QED) is 0.621. The second-order valence-corrected chi connectivity index (χ2v) is 7.37. The predicted molar refractivity (Wildman–Crippen MR) is 108 cm³/mol. The summed E-state index contributed by atoms with van der Waals surface area (Å²) in [6.45, 7) is 2.09. The van der Waals surface area contributed by atoms with Crippen LogP contribution in [0.4, 0.5) is 5.69 Å². The highest BCUT2D eigenvalue weighted by Crippen LogP contribution is 2.35. The van der Waals surface area contributed by atoms with Crippen LogP contribution in [-0.2, 0) is 11.2 Å². The molecule has 3 rings (SSSR count). The summed E-state index contributed by atoms with van der Waals surface area (Å²) in [7, 11) is 1.73. The second-order valence-electron chi connectivity index (χ2n) is 5.52. The van der Waals surface area contributed by atoms with E-state index >= 15 is 0 Å². The third-order valence-corrected chi connectivity index (χ3v) is 5.46. The van der Waals surface area contributed by atoms with Crippen molar-refractivity contribution in [2.75, 3.05) is 7.05 Å². The SMILES string of the molecule is CCc1ccccc1N=C1S/C(=C/c2ccc(Cl)cc2Cl)C(=O)N1C. The van der Waals surface area contributed by atoms with E-state index in [1.807, 2.05) is 24.3 Å². The zero-order valence-corrected chi connectivity index (χ0v) is 16.1. The topological polar surface area (TPSA) is 32.7 Å². The summed E-state index contributed by atoms with van der Waals surface area (Å²) in [6, 6.07) is 13.2. The number of aliphatic imine (C=N–C) groups is 1. The zero-order valence-electron chi connectivity index (χ0n) is 13.8. The number of hydrogen-bond acceptors (Lipinski definition) is 3. The number of benzene rings is 2. The van der Waals surface area contributed by atoms with E-state index in [2.05, 4.69) is 11.9 Å². The van der Waals surface area contributed by atoms with Crippen molar-refractivity contribution in [3.63, 3.8) is 0 Å². The molecule has 6 heteroatoms. The molecule has 0 aromatic heterocycles. The number of rotatable bonds is 3. The van der Waals surface area contributed by atoms with Crippen LogP contribution in [0.3, 0.4) is 0 Å². The number of para-hydroxylation sites is 1. The van der Waals surface area contributed by atoms with Gasteiger partial charge in [0.1, 0.15) is 0 Å². The standard InChI is InChI=1S/C19H16Cl2N2OS/c1-3-12-6-4-5-7-16(12)22-19-23(2)18(24)17(25-19)10-13-8-9-14(20)11-15(13)21/h4-11H,3H2,1-2H3/b17-10+,22-19?. The molecular weight excluding hydrogens is 375 g/mol. The lowest BCUT2D eigenvalue weighted by Crippen LogP contribution is -2.23. The van der Waals surface area contributed by atoms with Gasteiger partial charge in [-0.25, -0.2) is 4.99 Å². The van der Waals surface area contributed by atoms with Crippen LogP contribution in [0.25, 0.3) is 6.08 Å². The Morgan fingerprint density at radius 3 is 2.68 bits per heavy atom. The number of carbonyl (C=O) groups excluding carboxylic acids is 1. The Balaban J connectivity index is 1.94. The maximum atomic E-state index is 12.5. The van der Waals surface area contributed by atoms with Gasteiger partial charge in [0, 0.05) is 17.1 Å². The van der Waals surface area contributed by atoms with Crippen molar-refractivity contribution < 1.29 is 4.79 Å². The van der Waals surface area contributed by atoms with Gasteiger partial charge in [-0.15, -0.1) is 0 Å². The minimum absolute atomic E-state index is 0.0938. The van der Waals surface area contributed by atoms with Crippen LogP contribution < -0.4 is 0 Å². The maximum Gasteiger partial charge on any atom is 0.266 e. The smallest absolute Gasteiger partial charge is 0.266 e. The van der Waals surface area contributed by atoms with E-state index in [4.69, 9.17) is 23.2 Å². The Labute approximate surface area is 161 Å². The normalized spacial score (nSPS) is 17.8. The number of amidine groups is 1. The third kappa shape index (κ3) is 3.92. The van der Waals surface area contributed by atoms with Crippen LogP contribution in [0.5, 0.6) is 0 Å². The molecule has 1 amide bonds. The first-order chi connectivity index (χ1) is 12.0. The summed E-state index contributed by atoms with van der Waals surface area (Å²) < 4.78 is 0. The molecule has 0 atom stereocenters. The number of likely N-dealkylation sites (N-methyl/N-ethyl adjacent to an activating group) is 1. The van der Waals surface area contributed by atoms with E-state index in [1.165, 1.54) is 11.8 Å². The highest BCUT2D eigenvalue weighted by molar-refractivity contribution is 8.18. The third-order valence-electron chi connectivity index (χ3n) is 3.84. The van der Waals surface area contributed by atoms with E-state index in [9.17, 15) is 4.79 Å². The minimum Gasteiger partial charge on any atom is -0.290 e. The van der Waals surface area contributed by atoms with Crippen molar-refractivity contribution in [3.05, 3.63) is 68.5 Å². The summed E-state index contributed by atoms with van der Waals surface area (Å²) in [5, 5.41) is 1.73. The van der Waals surface area contributed by atoms with Gasteiger partial charge in [0.2, 0.25) is 0 Å². The van der Waals surface area contributed by atoms with E-state index in [-0.39, 0.29) is 5.91 Å². The molecule has 128 valence electrons. The number of nitrogens with zero attached hydrogens (tertiary/aromatic N) is 2. The average molecular weight is 391 g/mol. The molecule has 25 heavy (non-hydrogen) atoms. The number of halogens is 2. The minimum atomic E-state index is -0.0938. The number of thioether (sulfide) groups is 1. The monoisotopic (exact) mass is 390 g/mol. The maximum absolute atomic E-state index is 12.5. The molecule has 0 spiro atoms. The molecule has 0 N–H and O–H groups in total. The fraction of sp³-hybridized carbons (Fsp3) is 0.158. The van der Waals surface area contributed by atoms with Gasteiger partial charge in [-0.1, -0.05) is 54.4 Å². The van der Waals surface area contributed by atoms with Gasteiger partial charge < -0.3 is 0 Å². The molecule has 3 nitrogen and oxygen atoms in total. The molecule has 2 aromatic rings. The molecular formula is C19H16Cl2N2OS. The molecule has 1 heterocycles. The average Bonchev–Trinajstić information content (AvgIpc) is 2.86. The summed E-state index contributed by atoms with van der Waals surface area (Å²) in [6.07, 6.45) is 2.66. The Hall–Kier alpha value is -1.75. The number of aryl methyl sites for hydroxylation is 1. The first-order valence-corrected chi connectivity index (χ1v) is 9.36. The molecule has 1 aliphatic rings. The highest BCUT2D eigenvalue weighted by atomic mass is 35.5. The molecule has 0 saturated carbocycles. The molecule has 1 saturated heterocycles. The van der Waals surface area contributed by atoms with Gasteiger partial charge in [-0.2, -0.15) is 0 Å². The van der Waals surface area contributed by atoms with Gasteiger partial charge in [0.25, 0.3) is 5.91 Å². The highest BCUT2D eigenvalue weighted by Gasteiger charge is 2.30. The molecule has 0 bridgehead atoms. The lowest BCUT2D eigenvalue weighted by atomic mass is 10.1. The Kier molecular flexibility index (Phi) is 5.52. The Bertz CT molecular complexity index is 893. The van der Waals surface area contributed by atoms with Crippen LogP contribution >= 0.6 is 35.0 Å². The van der Waals surface area contributed by atoms with Gasteiger partial charge in [-0.3, -0.25) is 9.69 Å². The van der Waals surface area contributed by atoms with Crippen LogP contribution in [0.1, 0.15) is 18.1 Å². The molecule has 2 aromatic carbocycles. The van der Waals surface area contributed by atoms with Gasteiger partial charge in [-0.05, 0) is 53.6 Å². The molecule has 1 fully saturated rings. The van der Waals surface area contributed by atoms with Crippen molar-refractivity contribution in [2.24, 2.45) is 4.99 Å². The number of amides is 1. The van der Waals surface area contributed by atoms with Crippen LogP contribution in [-0.4, -0.2) is 23.0 Å². The van der Waals surface area contributed by atoms with Gasteiger partial charge in [0.15, 0.2) is 5.17 Å². The number of hydrogen-bond donors (Lipinski definition) is 0. The lowest BCUT2D eigenvalue weighted by Gasteiger charge is -2.08. The Morgan fingerprint density at radius 2 is 1.96 bits per heavy atom. The van der Waals surface area contributed by atoms with Crippen LogP contribution in [0.2, 0.25) is 10.0 Å². The fourth-order valence-electron chi connectivity index (χ4n) is 2.43. The molecule has 0 unspecified atom stereocenters. The van der Waals surface area contributed by atoms with Crippen molar-refractivity contribution in [3.8, 4) is 0 Å². The Morgan fingerprint density at radius 1 is 1.20 bits per heavy atom. The fourth-order valence-corrected chi connectivity index (χ4v) is 3.87. The van der Waals surface area contributed by atoms with Gasteiger partial charge >= 0.3 is 0 Å². The van der Waals surface area contributed by atoms with E-state index in [1.54, 1.807) is 36.2 Å². The van der Waals surface area contributed by atoms with Crippen molar-refractivity contribution in [1.82, 2.24) is 4.90 Å². The van der Waals surface area contributed by atoms with Crippen LogP contribution in [0.15, 0.2) is 52.4 Å². The number of carbonyl (C=O) groups is 1. The molecule has 0 radical (unpaired) electrons. The van der Waals surface area contributed by atoms with E-state index in [0.29, 0.717) is 20.1 Å².